The monoisotopic (exact) mass is 608 g/mol. The molecule has 0 aliphatic rings. The van der Waals surface area contributed by atoms with E-state index in [1.165, 1.54) is 0 Å². The van der Waals surface area contributed by atoms with Gasteiger partial charge in [-0.2, -0.15) is 0 Å². The zero-order valence-corrected chi connectivity index (χ0v) is 27.1. The Kier molecular flexibility index (Phi) is 17.5. The molecule has 12 heteroatoms. The number of carbonyl (C=O) groups is 3. The Morgan fingerprint density at radius 1 is 0.791 bits per heavy atom. The molecule has 12 nitrogen and oxygen atoms in total. The van der Waals surface area contributed by atoms with Gasteiger partial charge in [-0.3, -0.25) is 14.4 Å². The molecule has 0 atom stereocenters. The highest BCUT2D eigenvalue weighted by Crippen LogP contribution is 2.37. The van der Waals surface area contributed by atoms with Crippen LogP contribution in [0, 0.1) is 10.8 Å². The highest BCUT2D eigenvalue weighted by Gasteiger charge is 2.44. The van der Waals surface area contributed by atoms with Gasteiger partial charge in [-0.15, -0.1) is 0 Å². The predicted octanol–water partition coefficient (Wildman–Crippen LogP) is 1.81. The normalized spacial score (nSPS) is 12.3. The van der Waals surface area contributed by atoms with Crippen molar-refractivity contribution < 1.29 is 29.0 Å². The average molecular weight is 609 g/mol. The number of hydrogen-bond acceptors (Lipinski definition) is 10. The van der Waals surface area contributed by atoms with E-state index >= 15 is 0 Å². The number of nitrogens with one attached hydrogen (secondary N) is 5. The minimum Gasteiger partial charge on any atom is -0.481 e. The van der Waals surface area contributed by atoms with Gasteiger partial charge in [0.25, 0.3) is 5.91 Å². The molecule has 1 aromatic carbocycles. The summed E-state index contributed by atoms with van der Waals surface area (Å²) in [5.74, 6) is -1.02. The predicted molar refractivity (Wildman–Crippen MR) is 170 cm³/mol. The van der Waals surface area contributed by atoms with Gasteiger partial charge in [0, 0.05) is 56.1 Å². The number of carbonyl (C=O) groups excluding carboxylic acids is 2. The molecular weight excluding hydrogens is 552 g/mol. The third kappa shape index (κ3) is 15.6. The first-order chi connectivity index (χ1) is 20.2. The molecule has 0 saturated carbocycles. The van der Waals surface area contributed by atoms with Gasteiger partial charge in [0.2, 0.25) is 0 Å². The maximum absolute atomic E-state index is 13.1. The Morgan fingerprint density at radius 3 is 2.00 bits per heavy atom. The van der Waals surface area contributed by atoms with Crippen molar-refractivity contribution in [2.45, 2.75) is 59.9 Å². The van der Waals surface area contributed by atoms with Gasteiger partial charge in [-0.05, 0) is 71.3 Å². The van der Waals surface area contributed by atoms with Gasteiger partial charge in [0.15, 0.2) is 5.78 Å². The number of Topliss-reactive ketones (excluding diaryl/α,β-unsaturated/α-hetero) is 1. The Bertz CT molecular complexity index is 968. The molecule has 0 saturated heterocycles. The van der Waals surface area contributed by atoms with Crippen LogP contribution in [0.25, 0.3) is 0 Å². The molecule has 1 rings (SSSR count). The van der Waals surface area contributed by atoms with E-state index in [1.54, 1.807) is 39.8 Å². The standard InChI is InChI=1S/C31H56N6O6/c1-29(2,22-30(3,4)28(40)41)27(39)31(5,6)37-17-19-43-21-20-42-18-16-34-23-33-13-7-14-36-26(38)24-8-10-25(11-9-24)35-15-12-32/h8-11,33-35,37H,7,12-23,32H2,1-6H3,(H,36,38)(H,40,41). The zero-order chi connectivity index (χ0) is 32.4. The number of anilines is 1. The molecule has 0 fully saturated rings. The van der Waals surface area contributed by atoms with E-state index in [4.69, 9.17) is 15.2 Å². The molecule has 0 bridgehead atoms. The largest absolute Gasteiger partial charge is 0.481 e. The van der Waals surface area contributed by atoms with Crippen LogP contribution in [0.4, 0.5) is 5.69 Å². The van der Waals surface area contributed by atoms with E-state index in [2.05, 4.69) is 26.6 Å². The van der Waals surface area contributed by atoms with E-state index in [1.807, 2.05) is 26.0 Å². The summed E-state index contributed by atoms with van der Waals surface area (Å²) in [7, 11) is 0. The van der Waals surface area contributed by atoms with Gasteiger partial charge in [0.1, 0.15) is 0 Å². The topological polar surface area (TPSA) is 176 Å². The Labute approximate surface area is 257 Å². The second kappa shape index (κ2) is 19.6. The fraction of sp³-hybridized carbons (Fsp3) is 0.710. The summed E-state index contributed by atoms with van der Waals surface area (Å²) in [6, 6.07) is 7.34. The molecular formula is C31H56N6O6. The highest BCUT2D eigenvalue weighted by atomic mass is 16.5. The molecule has 0 spiro atoms. The molecule has 0 unspecified atom stereocenters. The Hall–Kier alpha value is -2.61. The molecule has 8 N–H and O–H groups in total. The molecule has 1 amide bonds. The number of aliphatic carboxylic acids is 1. The van der Waals surface area contributed by atoms with Crippen LogP contribution in [0.3, 0.4) is 0 Å². The van der Waals surface area contributed by atoms with E-state index in [0.717, 1.165) is 18.7 Å². The second-order valence-corrected chi connectivity index (χ2v) is 12.4. The van der Waals surface area contributed by atoms with Crippen LogP contribution >= 0.6 is 0 Å². The van der Waals surface area contributed by atoms with Gasteiger partial charge >= 0.3 is 5.97 Å². The summed E-state index contributed by atoms with van der Waals surface area (Å²) < 4.78 is 11.2. The first-order valence-corrected chi connectivity index (χ1v) is 15.2. The van der Waals surface area contributed by atoms with Crippen molar-refractivity contribution >= 4 is 23.3 Å². The molecule has 0 aliphatic heterocycles. The zero-order valence-electron chi connectivity index (χ0n) is 27.1. The lowest BCUT2D eigenvalue weighted by atomic mass is 9.69. The molecule has 0 aliphatic carbocycles. The van der Waals surface area contributed by atoms with Crippen LogP contribution < -0.4 is 32.3 Å². The van der Waals surface area contributed by atoms with Crippen molar-refractivity contribution in [3.8, 4) is 0 Å². The number of benzene rings is 1. The van der Waals surface area contributed by atoms with Crippen LogP contribution in [0.2, 0.25) is 0 Å². The van der Waals surface area contributed by atoms with Gasteiger partial charge in [-0.25, -0.2) is 0 Å². The van der Waals surface area contributed by atoms with Crippen LogP contribution in [0.15, 0.2) is 24.3 Å². The molecule has 0 radical (unpaired) electrons. The van der Waals surface area contributed by atoms with Crippen LogP contribution in [-0.2, 0) is 19.1 Å². The smallest absolute Gasteiger partial charge is 0.309 e. The lowest BCUT2D eigenvalue weighted by Crippen LogP contribution is -2.54. The molecule has 246 valence electrons. The second-order valence-electron chi connectivity index (χ2n) is 12.4. The van der Waals surface area contributed by atoms with E-state index < -0.39 is 22.3 Å². The van der Waals surface area contributed by atoms with Gasteiger partial charge in [-0.1, -0.05) is 13.8 Å². The lowest BCUT2D eigenvalue weighted by Gasteiger charge is -2.37. The van der Waals surface area contributed by atoms with Crippen molar-refractivity contribution in [2.75, 3.05) is 77.7 Å². The van der Waals surface area contributed by atoms with Crippen molar-refractivity contribution in [3.05, 3.63) is 29.8 Å². The Morgan fingerprint density at radius 2 is 1.40 bits per heavy atom. The van der Waals surface area contributed by atoms with E-state index in [9.17, 15) is 19.5 Å². The van der Waals surface area contributed by atoms with Crippen molar-refractivity contribution in [2.24, 2.45) is 16.6 Å². The number of ketones is 1. The van der Waals surface area contributed by atoms with Crippen molar-refractivity contribution in [3.63, 3.8) is 0 Å². The fourth-order valence-electron chi connectivity index (χ4n) is 4.83. The molecule has 43 heavy (non-hydrogen) atoms. The van der Waals surface area contributed by atoms with Crippen LogP contribution in [0.5, 0.6) is 0 Å². The summed E-state index contributed by atoms with van der Waals surface area (Å²) in [5, 5.41) is 25.3. The van der Waals surface area contributed by atoms with Crippen LogP contribution in [0.1, 0.15) is 64.7 Å². The lowest BCUT2D eigenvalue weighted by molar-refractivity contribution is -0.150. The van der Waals surface area contributed by atoms with Crippen molar-refractivity contribution in [1.29, 1.82) is 0 Å². The van der Waals surface area contributed by atoms with E-state index in [-0.39, 0.29) is 18.1 Å². The summed E-state index contributed by atoms with van der Waals surface area (Å²) >= 11 is 0. The third-order valence-electron chi connectivity index (χ3n) is 6.94. The average Bonchev–Trinajstić information content (AvgIpc) is 2.94. The maximum atomic E-state index is 13.1. The number of carboxylic acids is 1. The molecule has 0 heterocycles. The van der Waals surface area contributed by atoms with Crippen molar-refractivity contribution in [1.82, 2.24) is 21.3 Å². The summed E-state index contributed by atoms with van der Waals surface area (Å²) in [6.07, 6.45) is 1.07. The number of nitrogens with two attached hydrogens (primary N) is 1. The fourth-order valence-corrected chi connectivity index (χ4v) is 4.83. The quantitative estimate of drug-likeness (QED) is 0.0637. The summed E-state index contributed by atoms with van der Waals surface area (Å²) in [4.78, 5) is 36.8. The van der Waals surface area contributed by atoms with Gasteiger partial charge < -0.3 is 46.9 Å². The number of amides is 1. The molecule has 0 aromatic heterocycles. The SMILES string of the molecule is CC(C)(CC(C)(C)C(=O)C(C)(C)NCCOCCOCCNCNCCCNC(=O)c1ccc(NCCN)cc1)C(=O)O. The number of hydrogen-bond donors (Lipinski definition) is 7. The number of rotatable bonds is 25. The highest BCUT2D eigenvalue weighted by molar-refractivity contribution is 5.94. The Balaban J connectivity index is 2.01. The first-order valence-electron chi connectivity index (χ1n) is 15.2. The minimum absolute atomic E-state index is 0.0271. The minimum atomic E-state index is -0.984. The van der Waals surface area contributed by atoms with Gasteiger partial charge in [0.05, 0.1) is 37.4 Å². The third-order valence-corrected chi connectivity index (χ3v) is 6.94. The van der Waals surface area contributed by atoms with Crippen LogP contribution in [-0.4, -0.2) is 101 Å². The first kappa shape index (κ1) is 38.4. The summed E-state index contributed by atoms with van der Waals surface area (Å²) in [5.41, 5.74) is 4.48. The number of ether oxygens (including phenoxy) is 2. The maximum Gasteiger partial charge on any atom is 0.309 e. The summed E-state index contributed by atoms with van der Waals surface area (Å²) in [6.45, 7) is 16.9. The molecule has 1 aromatic rings. The number of carboxylic acid groups (broad SMARTS) is 1. The van der Waals surface area contributed by atoms with E-state index in [0.29, 0.717) is 71.4 Å².